The van der Waals surface area contributed by atoms with Crippen molar-refractivity contribution in [3.8, 4) is 0 Å². The molecule has 120 valence electrons. The minimum atomic E-state index is -4.12. The van der Waals surface area contributed by atoms with E-state index < -0.39 is 12.7 Å². The molecule has 2 fully saturated rings. The van der Waals surface area contributed by atoms with Crippen LogP contribution in [0.15, 0.2) is 24.3 Å². The Bertz CT molecular complexity index is 551. The van der Waals surface area contributed by atoms with E-state index in [1.54, 1.807) is 0 Å². The highest BCUT2D eigenvalue weighted by Gasteiger charge is 2.62. The van der Waals surface area contributed by atoms with Gasteiger partial charge in [0.1, 0.15) is 6.54 Å². The lowest BCUT2D eigenvalue weighted by Gasteiger charge is -2.62. The Labute approximate surface area is 128 Å². The average Bonchev–Trinajstić information content (AvgIpc) is 2.70. The molecule has 1 spiro atoms. The topological polar surface area (TPSA) is 6.48 Å². The van der Waals surface area contributed by atoms with Crippen molar-refractivity contribution in [2.75, 3.05) is 20.1 Å². The van der Waals surface area contributed by atoms with Gasteiger partial charge in [-0.1, -0.05) is 24.3 Å². The zero-order chi connectivity index (χ0) is 15.5. The molecule has 5 heteroatoms. The van der Waals surface area contributed by atoms with E-state index in [4.69, 9.17) is 0 Å². The van der Waals surface area contributed by atoms with Gasteiger partial charge in [-0.05, 0) is 48.6 Å². The normalized spacial score (nSPS) is 35.3. The maximum atomic E-state index is 12.7. The van der Waals surface area contributed by atoms with Crippen LogP contribution in [0.2, 0.25) is 0 Å². The Morgan fingerprint density at radius 2 is 1.64 bits per heavy atom. The lowest BCUT2D eigenvalue weighted by Crippen LogP contribution is -2.76. The molecule has 0 amide bonds. The summed E-state index contributed by atoms with van der Waals surface area (Å²) < 4.78 is 38.1. The van der Waals surface area contributed by atoms with E-state index in [1.807, 2.05) is 12.1 Å². The molecule has 0 radical (unpaired) electrons. The van der Waals surface area contributed by atoms with Crippen LogP contribution in [0.5, 0.6) is 0 Å². The van der Waals surface area contributed by atoms with Crippen LogP contribution in [0.3, 0.4) is 0 Å². The third kappa shape index (κ3) is 2.02. The molecule has 3 aliphatic rings. The number of likely N-dealkylation sites (N-methyl/N-ethyl adjacent to an activating group) is 1. The number of halogens is 3. The predicted molar refractivity (Wildman–Crippen MR) is 78.2 cm³/mol. The number of rotatable bonds is 1. The number of hydrogen-bond acceptors (Lipinski definition) is 2. The largest absolute Gasteiger partial charge is 0.402 e. The molecular weight excluding hydrogens is 289 g/mol. The second-order valence-electron chi connectivity index (χ2n) is 7.10. The van der Waals surface area contributed by atoms with Gasteiger partial charge >= 0.3 is 6.18 Å². The van der Waals surface area contributed by atoms with Gasteiger partial charge in [0.2, 0.25) is 0 Å². The van der Waals surface area contributed by atoms with Gasteiger partial charge in [0.25, 0.3) is 0 Å². The molecule has 22 heavy (non-hydrogen) atoms. The van der Waals surface area contributed by atoms with Crippen LogP contribution in [0.1, 0.15) is 24.0 Å². The molecule has 1 aromatic rings. The second-order valence-corrected chi connectivity index (χ2v) is 7.10. The highest BCUT2D eigenvalue weighted by Crippen LogP contribution is 2.54. The summed E-state index contributed by atoms with van der Waals surface area (Å²) in [4.78, 5) is 0. The lowest BCUT2D eigenvalue weighted by molar-refractivity contribution is -0.277. The van der Waals surface area contributed by atoms with Crippen LogP contribution in [-0.4, -0.2) is 41.9 Å². The summed E-state index contributed by atoms with van der Waals surface area (Å²) in [5.74, 6) is 0.964. The van der Waals surface area contributed by atoms with Crippen molar-refractivity contribution in [1.82, 2.24) is 10.0 Å². The molecular formula is C17H21F3N2. The fraction of sp³-hybridized carbons (Fsp3) is 0.647. The third-order valence-electron chi connectivity index (χ3n) is 6.15. The highest BCUT2D eigenvalue weighted by molar-refractivity contribution is 5.33. The molecule has 4 rings (SSSR count). The summed E-state index contributed by atoms with van der Waals surface area (Å²) in [7, 11) is 1.86. The Morgan fingerprint density at radius 1 is 1.09 bits per heavy atom. The van der Waals surface area contributed by atoms with Crippen molar-refractivity contribution >= 4 is 0 Å². The molecule has 1 heterocycles. The summed E-state index contributed by atoms with van der Waals surface area (Å²) in [6.45, 7) is -0.260. The van der Waals surface area contributed by atoms with Crippen LogP contribution < -0.4 is 0 Å². The Balaban J connectivity index is 1.60. The van der Waals surface area contributed by atoms with E-state index in [-0.39, 0.29) is 5.54 Å². The van der Waals surface area contributed by atoms with Gasteiger partial charge in [0.15, 0.2) is 0 Å². The summed E-state index contributed by atoms with van der Waals surface area (Å²) >= 11 is 0. The van der Waals surface area contributed by atoms with E-state index in [0.29, 0.717) is 18.4 Å². The molecule has 1 aliphatic heterocycles. The first kappa shape index (κ1) is 14.5. The molecule has 0 N–H and O–H groups in total. The molecule has 1 aromatic carbocycles. The van der Waals surface area contributed by atoms with Crippen molar-refractivity contribution in [3.05, 3.63) is 35.4 Å². The minimum Gasteiger partial charge on any atom is -0.236 e. The van der Waals surface area contributed by atoms with Gasteiger partial charge < -0.3 is 0 Å². The molecule has 2 nitrogen and oxygen atoms in total. The van der Waals surface area contributed by atoms with Crippen LogP contribution >= 0.6 is 0 Å². The molecule has 2 aliphatic carbocycles. The van der Waals surface area contributed by atoms with Gasteiger partial charge in [-0.3, -0.25) is 0 Å². The first-order valence-electron chi connectivity index (χ1n) is 8.02. The molecule has 1 saturated heterocycles. The summed E-state index contributed by atoms with van der Waals surface area (Å²) in [6.07, 6.45) is 0.183. The number of benzene rings is 1. The van der Waals surface area contributed by atoms with E-state index in [9.17, 15) is 13.2 Å². The van der Waals surface area contributed by atoms with Gasteiger partial charge in [-0.15, -0.1) is 0 Å². The molecule has 0 aromatic heterocycles. The predicted octanol–water partition coefficient (Wildman–Crippen LogP) is 3.27. The van der Waals surface area contributed by atoms with Crippen molar-refractivity contribution in [1.29, 1.82) is 0 Å². The summed E-state index contributed by atoms with van der Waals surface area (Å²) in [5, 5.41) is 3.40. The Morgan fingerprint density at radius 3 is 2.09 bits per heavy atom. The molecule has 3 atom stereocenters. The van der Waals surface area contributed by atoms with Gasteiger partial charge in [0.05, 0.1) is 5.54 Å². The molecule has 2 bridgehead atoms. The number of hydrazine groups is 1. The zero-order valence-electron chi connectivity index (χ0n) is 12.7. The fourth-order valence-corrected chi connectivity index (χ4v) is 5.12. The standard InChI is InChI=1S/C17H21F3N2/c1-21-16(10-22(21)11-17(18,19)20)14-6-7-15(16)9-13-5-3-2-4-12(13)8-14/h2-5,14-15H,6-11H2,1H3/t14-,15+,16?. The van der Waals surface area contributed by atoms with E-state index >= 15 is 0 Å². The third-order valence-corrected chi connectivity index (χ3v) is 6.15. The number of alkyl halides is 3. The van der Waals surface area contributed by atoms with E-state index in [0.717, 1.165) is 25.7 Å². The molecule has 1 saturated carbocycles. The average molecular weight is 310 g/mol. The first-order chi connectivity index (χ1) is 10.4. The van der Waals surface area contributed by atoms with Crippen molar-refractivity contribution < 1.29 is 13.2 Å². The van der Waals surface area contributed by atoms with E-state index in [1.165, 1.54) is 16.1 Å². The van der Waals surface area contributed by atoms with Crippen LogP contribution in [0.4, 0.5) is 13.2 Å². The smallest absolute Gasteiger partial charge is 0.236 e. The monoisotopic (exact) mass is 310 g/mol. The Hall–Kier alpha value is -1.07. The number of nitrogens with zero attached hydrogens (tertiary/aromatic N) is 2. The number of fused-ring (bicyclic) bond motifs is 1. The second kappa shape index (κ2) is 4.71. The van der Waals surface area contributed by atoms with Crippen LogP contribution in [0, 0.1) is 11.8 Å². The molecule has 1 unspecified atom stereocenters. The SMILES string of the molecule is CN1N(CC(F)(F)F)CC12[C@@H]1CC[C@H]2Cc2ccccc2C1. The van der Waals surface area contributed by atoms with Gasteiger partial charge in [0, 0.05) is 13.6 Å². The van der Waals surface area contributed by atoms with Crippen LogP contribution in [0.25, 0.3) is 0 Å². The van der Waals surface area contributed by atoms with Gasteiger partial charge in [-0.25, -0.2) is 10.0 Å². The maximum Gasteiger partial charge on any atom is 0.402 e. The van der Waals surface area contributed by atoms with Crippen molar-refractivity contribution in [2.24, 2.45) is 11.8 Å². The van der Waals surface area contributed by atoms with E-state index in [2.05, 4.69) is 24.3 Å². The quantitative estimate of drug-likeness (QED) is 0.785. The minimum absolute atomic E-state index is 0.0513. The maximum absolute atomic E-state index is 12.7. The summed E-state index contributed by atoms with van der Waals surface area (Å²) in [6, 6.07) is 8.53. The zero-order valence-corrected chi connectivity index (χ0v) is 12.7. The number of hydrogen-bond donors (Lipinski definition) is 0. The van der Waals surface area contributed by atoms with Crippen LogP contribution in [-0.2, 0) is 12.8 Å². The van der Waals surface area contributed by atoms with Gasteiger partial charge in [-0.2, -0.15) is 13.2 Å². The van der Waals surface area contributed by atoms with Crippen molar-refractivity contribution in [2.45, 2.75) is 37.4 Å². The summed E-state index contributed by atoms with van der Waals surface area (Å²) in [5.41, 5.74) is 2.75. The fourth-order valence-electron chi connectivity index (χ4n) is 5.12. The Kier molecular flexibility index (Phi) is 3.11. The first-order valence-corrected chi connectivity index (χ1v) is 8.02. The highest BCUT2D eigenvalue weighted by atomic mass is 19.4. The lowest BCUT2D eigenvalue weighted by atomic mass is 9.75. The van der Waals surface area contributed by atoms with Crippen molar-refractivity contribution in [3.63, 3.8) is 0 Å².